The maximum absolute atomic E-state index is 12.2. The smallest absolute Gasteiger partial charge is 0.338 e. The summed E-state index contributed by atoms with van der Waals surface area (Å²) in [4.78, 5) is 12.2. The second kappa shape index (κ2) is 5.27. The number of hydrogen-bond donors (Lipinski definition) is 0. The van der Waals surface area contributed by atoms with Crippen LogP contribution in [0.1, 0.15) is 34.0 Å². The molecule has 6 heteroatoms. The number of ether oxygens (including phenoxy) is 1. The van der Waals surface area contributed by atoms with Gasteiger partial charge in [-0.1, -0.05) is 17.7 Å². The average molecular weight is 322 g/mol. The summed E-state index contributed by atoms with van der Waals surface area (Å²) >= 11 is 1.18. The summed E-state index contributed by atoms with van der Waals surface area (Å²) in [6, 6.07) is 8.89. The van der Waals surface area contributed by atoms with Crippen molar-refractivity contribution in [2.75, 3.05) is 5.75 Å². The Labute approximate surface area is 127 Å². The number of rotatable bonds is 2. The average Bonchev–Trinajstić information content (AvgIpc) is 2.93. The number of carbonyl (C=O) groups is 1. The lowest BCUT2D eigenvalue weighted by molar-refractivity contribution is 0.0279. The lowest BCUT2D eigenvalue weighted by Crippen LogP contribution is -2.22. The normalized spacial score (nSPS) is 19.8. The molecule has 1 aromatic heterocycles. The Morgan fingerprint density at radius 3 is 2.90 bits per heavy atom. The Morgan fingerprint density at radius 2 is 2.14 bits per heavy atom. The Bertz CT molecular complexity index is 790. The topological polar surface area (TPSA) is 60.4 Å². The predicted octanol–water partition coefficient (Wildman–Crippen LogP) is 3.13. The van der Waals surface area contributed by atoms with Crippen LogP contribution in [-0.2, 0) is 14.6 Å². The Kier molecular flexibility index (Phi) is 3.59. The van der Waals surface area contributed by atoms with Crippen LogP contribution in [-0.4, -0.2) is 20.1 Å². The minimum atomic E-state index is -3.21. The Hall–Kier alpha value is -1.66. The molecule has 0 radical (unpaired) electrons. The van der Waals surface area contributed by atoms with E-state index < -0.39 is 21.9 Å². The largest absolute Gasteiger partial charge is 0.454 e. The van der Waals surface area contributed by atoms with Crippen molar-refractivity contribution in [1.29, 1.82) is 0 Å². The van der Waals surface area contributed by atoms with Crippen molar-refractivity contribution in [1.82, 2.24) is 0 Å². The van der Waals surface area contributed by atoms with Gasteiger partial charge in [0, 0.05) is 12.0 Å². The molecule has 4 nitrogen and oxygen atoms in total. The third-order valence-electron chi connectivity index (χ3n) is 3.44. The number of esters is 1. The summed E-state index contributed by atoms with van der Waals surface area (Å²) in [5.41, 5.74) is 2.07. The SMILES string of the molecule is Cc1cccc(C(=O)OC2CCS(=O)(=O)c3sccc32)c1. The van der Waals surface area contributed by atoms with Gasteiger partial charge in [0.15, 0.2) is 9.84 Å². The maximum Gasteiger partial charge on any atom is 0.338 e. The van der Waals surface area contributed by atoms with Crippen LogP contribution in [0.15, 0.2) is 39.9 Å². The molecule has 1 aliphatic rings. The summed E-state index contributed by atoms with van der Waals surface area (Å²) in [7, 11) is -3.21. The van der Waals surface area contributed by atoms with Crippen molar-refractivity contribution >= 4 is 27.1 Å². The fourth-order valence-corrected chi connectivity index (χ4v) is 5.34. The molecule has 1 aliphatic heterocycles. The highest BCUT2D eigenvalue weighted by atomic mass is 32.2. The van der Waals surface area contributed by atoms with Crippen molar-refractivity contribution in [3.8, 4) is 0 Å². The molecule has 0 aliphatic carbocycles. The first-order chi connectivity index (χ1) is 9.97. The zero-order valence-electron chi connectivity index (χ0n) is 11.4. The van der Waals surface area contributed by atoms with Crippen LogP contribution in [0, 0.1) is 6.92 Å². The van der Waals surface area contributed by atoms with Gasteiger partial charge in [0.2, 0.25) is 0 Å². The van der Waals surface area contributed by atoms with E-state index in [4.69, 9.17) is 4.74 Å². The van der Waals surface area contributed by atoms with Crippen molar-refractivity contribution in [2.24, 2.45) is 0 Å². The van der Waals surface area contributed by atoms with Gasteiger partial charge >= 0.3 is 5.97 Å². The number of thiophene rings is 1. The van der Waals surface area contributed by atoms with Crippen molar-refractivity contribution in [3.63, 3.8) is 0 Å². The Morgan fingerprint density at radius 1 is 1.33 bits per heavy atom. The number of carbonyl (C=O) groups excluding carboxylic acids is 1. The fraction of sp³-hybridized carbons (Fsp3) is 0.267. The molecular formula is C15H14O4S2. The van der Waals surface area contributed by atoms with Crippen molar-refractivity contribution < 1.29 is 17.9 Å². The lowest BCUT2D eigenvalue weighted by Gasteiger charge is -2.22. The molecule has 110 valence electrons. The molecule has 1 unspecified atom stereocenters. The van der Waals surface area contributed by atoms with Gasteiger partial charge in [-0.05, 0) is 30.5 Å². The number of fused-ring (bicyclic) bond motifs is 1. The molecule has 0 amide bonds. The maximum atomic E-state index is 12.2. The van der Waals surface area contributed by atoms with Gasteiger partial charge in [-0.3, -0.25) is 0 Å². The number of benzene rings is 1. The minimum Gasteiger partial charge on any atom is -0.454 e. The zero-order valence-corrected chi connectivity index (χ0v) is 13.0. The quantitative estimate of drug-likeness (QED) is 0.797. The standard InChI is InChI=1S/C15H14O4S2/c1-10-3-2-4-11(9-10)14(16)19-13-6-8-21(17,18)15-12(13)5-7-20-15/h2-5,7,9,13H,6,8H2,1H3. The summed E-state index contributed by atoms with van der Waals surface area (Å²) in [6.07, 6.45) is -0.174. The van der Waals surface area contributed by atoms with Crippen LogP contribution in [0.25, 0.3) is 0 Å². The van der Waals surface area contributed by atoms with Gasteiger partial charge in [0.25, 0.3) is 0 Å². The van der Waals surface area contributed by atoms with Gasteiger partial charge in [0.1, 0.15) is 10.3 Å². The van der Waals surface area contributed by atoms with Crippen molar-refractivity contribution in [3.05, 3.63) is 52.4 Å². The summed E-state index contributed by atoms with van der Waals surface area (Å²) in [5, 5.41) is 1.72. The molecule has 0 saturated heterocycles. The highest BCUT2D eigenvalue weighted by Gasteiger charge is 2.33. The van der Waals surface area contributed by atoms with Gasteiger partial charge < -0.3 is 4.74 Å². The highest BCUT2D eigenvalue weighted by Crippen LogP contribution is 2.38. The highest BCUT2D eigenvalue weighted by molar-refractivity contribution is 7.93. The summed E-state index contributed by atoms with van der Waals surface area (Å²) in [5.74, 6) is -0.396. The van der Waals surface area contributed by atoms with Crippen molar-refractivity contribution in [2.45, 2.75) is 23.7 Å². The van der Waals surface area contributed by atoms with Crippen LogP contribution >= 0.6 is 11.3 Å². The molecule has 0 saturated carbocycles. The monoisotopic (exact) mass is 322 g/mol. The van der Waals surface area contributed by atoms with E-state index in [-0.39, 0.29) is 5.75 Å². The third kappa shape index (κ3) is 2.73. The van der Waals surface area contributed by atoms with E-state index in [1.165, 1.54) is 11.3 Å². The van der Waals surface area contributed by atoms with Gasteiger partial charge in [0.05, 0.1) is 11.3 Å². The summed E-state index contributed by atoms with van der Waals surface area (Å²) in [6.45, 7) is 1.90. The van der Waals surface area contributed by atoms with Crippen LogP contribution in [0.4, 0.5) is 0 Å². The first kappa shape index (κ1) is 14.3. The van der Waals surface area contributed by atoms with E-state index in [0.29, 0.717) is 21.8 Å². The zero-order chi connectivity index (χ0) is 15.0. The third-order valence-corrected chi connectivity index (χ3v) is 6.79. The van der Waals surface area contributed by atoms with E-state index in [1.54, 1.807) is 29.6 Å². The molecular weight excluding hydrogens is 308 g/mol. The van der Waals surface area contributed by atoms with Crippen LogP contribution in [0.2, 0.25) is 0 Å². The molecule has 1 aromatic carbocycles. The second-order valence-corrected chi connectivity index (χ2v) is 8.25. The van der Waals surface area contributed by atoms with E-state index in [2.05, 4.69) is 0 Å². The molecule has 0 fully saturated rings. The van der Waals surface area contributed by atoms with Gasteiger partial charge in [-0.2, -0.15) is 0 Å². The predicted molar refractivity (Wildman–Crippen MR) is 80.3 cm³/mol. The number of aryl methyl sites for hydroxylation is 1. The molecule has 2 heterocycles. The molecule has 1 atom stereocenters. The molecule has 0 N–H and O–H groups in total. The van der Waals surface area contributed by atoms with Crippen LogP contribution in [0.3, 0.4) is 0 Å². The van der Waals surface area contributed by atoms with E-state index in [9.17, 15) is 13.2 Å². The second-order valence-electron chi connectivity index (χ2n) is 5.03. The van der Waals surface area contributed by atoms with Gasteiger partial charge in [-0.15, -0.1) is 11.3 Å². The first-order valence-electron chi connectivity index (χ1n) is 6.55. The van der Waals surface area contributed by atoms with E-state index >= 15 is 0 Å². The lowest BCUT2D eigenvalue weighted by atomic mass is 10.1. The molecule has 0 bridgehead atoms. The molecule has 2 aromatic rings. The van der Waals surface area contributed by atoms with E-state index in [0.717, 1.165) is 5.56 Å². The van der Waals surface area contributed by atoms with Crippen LogP contribution < -0.4 is 0 Å². The molecule has 0 spiro atoms. The number of hydrogen-bond acceptors (Lipinski definition) is 5. The fourth-order valence-electron chi connectivity index (χ4n) is 2.40. The molecule has 3 rings (SSSR count). The molecule has 21 heavy (non-hydrogen) atoms. The summed E-state index contributed by atoms with van der Waals surface area (Å²) < 4.78 is 29.7. The minimum absolute atomic E-state index is 0.0201. The van der Waals surface area contributed by atoms with Gasteiger partial charge in [-0.25, -0.2) is 13.2 Å². The number of sulfone groups is 1. The first-order valence-corrected chi connectivity index (χ1v) is 9.08. The van der Waals surface area contributed by atoms with E-state index in [1.807, 2.05) is 13.0 Å². The van der Waals surface area contributed by atoms with Crippen LogP contribution in [0.5, 0.6) is 0 Å². The Balaban J connectivity index is 1.85.